The minimum atomic E-state index is -0.173. The molecule has 0 aromatic carbocycles. The molecule has 1 rings (SSSR count). The first-order valence-electron chi connectivity index (χ1n) is 9.21. The van der Waals surface area contributed by atoms with E-state index >= 15 is 0 Å². The van der Waals surface area contributed by atoms with Crippen molar-refractivity contribution in [1.29, 1.82) is 0 Å². The summed E-state index contributed by atoms with van der Waals surface area (Å²) in [6, 6.07) is 0. The second kappa shape index (κ2) is 13.1. The predicted octanol–water partition coefficient (Wildman–Crippen LogP) is 3.64. The number of nitrogens with one attached hydrogen (secondary N) is 2. The molecule has 0 bridgehead atoms. The first kappa shape index (κ1) is 19.7. The van der Waals surface area contributed by atoms with Crippen LogP contribution in [0.2, 0.25) is 0 Å². The number of rotatable bonds is 14. The summed E-state index contributed by atoms with van der Waals surface area (Å²) >= 11 is 0. The van der Waals surface area contributed by atoms with Crippen LogP contribution in [-0.4, -0.2) is 28.2 Å². The van der Waals surface area contributed by atoms with Gasteiger partial charge < -0.3 is 15.4 Å². The van der Waals surface area contributed by atoms with Gasteiger partial charge in [-0.25, -0.2) is 4.98 Å². The first-order chi connectivity index (χ1) is 11.3. The number of aromatic nitrogens is 2. The second-order valence-electron chi connectivity index (χ2n) is 6.15. The lowest BCUT2D eigenvalue weighted by Gasteiger charge is -2.06. The number of hydrogen-bond donors (Lipinski definition) is 3. The highest BCUT2D eigenvalue weighted by molar-refractivity contribution is 5.31. The fourth-order valence-electron chi connectivity index (χ4n) is 2.59. The van der Waals surface area contributed by atoms with Gasteiger partial charge in [-0.05, 0) is 19.3 Å². The maximum atomic E-state index is 11.7. The number of H-pyrrole nitrogens is 1. The molecule has 0 unspecified atom stereocenters. The van der Waals surface area contributed by atoms with Crippen molar-refractivity contribution in [1.82, 2.24) is 9.97 Å². The average molecular weight is 323 g/mol. The molecule has 0 saturated carbocycles. The Morgan fingerprint density at radius 2 is 1.70 bits per heavy atom. The summed E-state index contributed by atoms with van der Waals surface area (Å²) in [7, 11) is 0. The van der Waals surface area contributed by atoms with Crippen molar-refractivity contribution in [2.75, 3.05) is 18.5 Å². The van der Waals surface area contributed by atoms with Crippen LogP contribution in [0.25, 0.3) is 0 Å². The Hall–Kier alpha value is -1.36. The highest BCUT2D eigenvalue weighted by Crippen LogP contribution is 2.09. The molecule has 0 aliphatic heterocycles. The number of aliphatic hydroxyl groups is 1. The molecular weight excluding hydrogens is 290 g/mol. The second-order valence-corrected chi connectivity index (χ2v) is 6.15. The van der Waals surface area contributed by atoms with E-state index in [2.05, 4.69) is 22.2 Å². The monoisotopic (exact) mass is 323 g/mol. The standard InChI is InChI=1S/C18H33N3O2/c1-2-3-4-5-6-7-8-9-10-13-19-17-18(23)20-15-16(21-17)12-11-14-22/h15,22H,2-14H2,1H3,(H,19,21)(H,20,23). The van der Waals surface area contributed by atoms with Gasteiger partial charge in [0.1, 0.15) is 0 Å². The topological polar surface area (TPSA) is 78.0 Å². The van der Waals surface area contributed by atoms with E-state index in [9.17, 15) is 4.79 Å². The quantitative estimate of drug-likeness (QED) is 0.457. The minimum absolute atomic E-state index is 0.141. The molecule has 3 N–H and O–H groups in total. The van der Waals surface area contributed by atoms with Crippen LogP contribution in [0.15, 0.2) is 11.0 Å². The molecular formula is C18H33N3O2. The zero-order valence-corrected chi connectivity index (χ0v) is 14.6. The van der Waals surface area contributed by atoms with Crippen LogP contribution in [0.5, 0.6) is 0 Å². The van der Waals surface area contributed by atoms with Gasteiger partial charge in [0.2, 0.25) is 0 Å². The third-order valence-corrected chi connectivity index (χ3v) is 4.00. The zero-order chi connectivity index (χ0) is 16.8. The van der Waals surface area contributed by atoms with Crippen LogP contribution in [0, 0.1) is 0 Å². The fraction of sp³-hybridized carbons (Fsp3) is 0.778. The summed E-state index contributed by atoms with van der Waals surface area (Å²) < 4.78 is 0. The van der Waals surface area contributed by atoms with Gasteiger partial charge in [0.15, 0.2) is 5.82 Å². The van der Waals surface area contributed by atoms with Gasteiger partial charge in [0, 0.05) is 19.3 Å². The van der Waals surface area contributed by atoms with E-state index in [4.69, 9.17) is 5.11 Å². The molecule has 23 heavy (non-hydrogen) atoms. The molecule has 5 nitrogen and oxygen atoms in total. The van der Waals surface area contributed by atoms with Crippen LogP contribution in [0.4, 0.5) is 5.82 Å². The number of anilines is 1. The average Bonchev–Trinajstić information content (AvgIpc) is 2.56. The van der Waals surface area contributed by atoms with E-state index in [0.717, 1.165) is 18.7 Å². The molecule has 0 aliphatic rings. The van der Waals surface area contributed by atoms with Crippen molar-refractivity contribution in [3.63, 3.8) is 0 Å². The number of aromatic amines is 1. The minimum Gasteiger partial charge on any atom is -0.396 e. The van der Waals surface area contributed by atoms with Gasteiger partial charge in [-0.15, -0.1) is 0 Å². The van der Waals surface area contributed by atoms with Gasteiger partial charge >= 0.3 is 0 Å². The van der Waals surface area contributed by atoms with Crippen LogP contribution >= 0.6 is 0 Å². The first-order valence-corrected chi connectivity index (χ1v) is 9.21. The van der Waals surface area contributed by atoms with E-state index in [-0.39, 0.29) is 12.2 Å². The van der Waals surface area contributed by atoms with Gasteiger partial charge in [-0.3, -0.25) is 4.79 Å². The van der Waals surface area contributed by atoms with Gasteiger partial charge in [0.05, 0.1) is 5.69 Å². The van der Waals surface area contributed by atoms with E-state index in [0.29, 0.717) is 18.7 Å². The fourth-order valence-corrected chi connectivity index (χ4v) is 2.59. The summed E-state index contributed by atoms with van der Waals surface area (Å²) in [4.78, 5) is 18.7. The lowest BCUT2D eigenvalue weighted by atomic mass is 10.1. The highest BCUT2D eigenvalue weighted by atomic mass is 16.2. The molecule has 132 valence electrons. The Morgan fingerprint density at radius 1 is 1.04 bits per heavy atom. The Kier molecular flexibility index (Phi) is 11.2. The van der Waals surface area contributed by atoms with Crippen molar-refractivity contribution in [2.24, 2.45) is 0 Å². The van der Waals surface area contributed by atoms with Crippen molar-refractivity contribution in [3.05, 3.63) is 22.2 Å². The van der Waals surface area contributed by atoms with Crippen LogP contribution < -0.4 is 10.9 Å². The smallest absolute Gasteiger partial charge is 0.290 e. The molecule has 0 spiro atoms. The van der Waals surface area contributed by atoms with E-state index in [1.807, 2.05) is 0 Å². The molecule has 1 aromatic heterocycles. The molecule has 1 aromatic rings. The van der Waals surface area contributed by atoms with Crippen molar-refractivity contribution < 1.29 is 5.11 Å². The summed E-state index contributed by atoms with van der Waals surface area (Å²) in [5.41, 5.74) is 0.641. The Morgan fingerprint density at radius 3 is 2.35 bits per heavy atom. The molecule has 0 fully saturated rings. The maximum absolute atomic E-state index is 11.7. The number of aryl methyl sites for hydroxylation is 1. The summed E-state index contributed by atoms with van der Waals surface area (Å²) in [6.45, 7) is 3.17. The van der Waals surface area contributed by atoms with Crippen molar-refractivity contribution >= 4 is 5.82 Å². The molecule has 0 saturated heterocycles. The maximum Gasteiger partial charge on any atom is 0.290 e. The predicted molar refractivity (Wildman–Crippen MR) is 96.0 cm³/mol. The lowest BCUT2D eigenvalue weighted by molar-refractivity contribution is 0.288. The molecule has 0 amide bonds. The van der Waals surface area contributed by atoms with Crippen molar-refractivity contribution in [3.8, 4) is 0 Å². The third kappa shape index (κ3) is 9.39. The van der Waals surface area contributed by atoms with Crippen LogP contribution in [-0.2, 0) is 6.42 Å². The molecule has 0 aliphatic carbocycles. The van der Waals surface area contributed by atoms with Gasteiger partial charge in [0.25, 0.3) is 5.56 Å². The van der Waals surface area contributed by atoms with Gasteiger partial charge in [-0.2, -0.15) is 0 Å². The van der Waals surface area contributed by atoms with Crippen molar-refractivity contribution in [2.45, 2.75) is 77.6 Å². The Balaban J connectivity index is 2.12. The zero-order valence-electron chi connectivity index (χ0n) is 14.6. The van der Waals surface area contributed by atoms with E-state index < -0.39 is 0 Å². The van der Waals surface area contributed by atoms with E-state index in [1.165, 1.54) is 51.4 Å². The number of hydrogen-bond acceptors (Lipinski definition) is 4. The van der Waals surface area contributed by atoms with Crippen LogP contribution in [0.1, 0.15) is 76.8 Å². The lowest BCUT2D eigenvalue weighted by Crippen LogP contribution is -2.18. The largest absolute Gasteiger partial charge is 0.396 e. The summed E-state index contributed by atoms with van der Waals surface area (Å²) in [5.74, 6) is 0.403. The third-order valence-electron chi connectivity index (χ3n) is 4.00. The number of unbranched alkanes of at least 4 members (excludes halogenated alkanes) is 8. The molecule has 5 heteroatoms. The summed E-state index contributed by atoms with van der Waals surface area (Å²) in [6.07, 6.45) is 14.6. The number of nitrogens with zero attached hydrogens (tertiary/aromatic N) is 1. The van der Waals surface area contributed by atoms with Crippen LogP contribution in [0.3, 0.4) is 0 Å². The van der Waals surface area contributed by atoms with Gasteiger partial charge in [-0.1, -0.05) is 58.3 Å². The molecule has 0 atom stereocenters. The SMILES string of the molecule is CCCCCCCCCCCNc1nc(CCCO)c[nH]c1=O. The molecule has 1 heterocycles. The summed E-state index contributed by atoms with van der Waals surface area (Å²) in [5, 5.41) is 12.0. The Bertz CT molecular complexity index is 460. The number of aliphatic hydroxyl groups excluding tert-OH is 1. The Labute approximate surface area is 139 Å². The highest BCUT2D eigenvalue weighted by Gasteiger charge is 2.03. The van der Waals surface area contributed by atoms with E-state index in [1.54, 1.807) is 6.20 Å². The normalized spacial score (nSPS) is 10.9. The molecule has 0 radical (unpaired) electrons.